The number of halogens is 1. The number of hydrogen-bond acceptors (Lipinski definition) is 4. The number of rotatable bonds is 4. The fourth-order valence-corrected chi connectivity index (χ4v) is 2.78. The first-order valence-corrected chi connectivity index (χ1v) is 6.91. The lowest BCUT2D eigenvalue weighted by molar-refractivity contribution is 0.0233. The molecule has 1 aliphatic heterocycles. The molecule has 0 aliphatic carbocycles. The normalized spacial score (nSPS) is 20.8. The van der Waals surface area contributed by atoms with Crippen LogP contribution in [-0.4, -0.2) is 47.8 Å². The van der Waals surface area contributed by atoms with Gasteiger partial charge in [-0.2, -0.15) is 0 Å². The van der Waals surface area contributed by atoms with Gasteiger partial charge in [-0.1, -0.05) is 6.92 Å². The lowest BCUT2D eigenvalue weighted by Gasteiger charge is -2.41. The van der Waals surface area contributed by atoms with E-state index in [4.69, 9.17) is 0 Å². The third kappa shape index (κ3) is 2.94. The van der Waals surface area contributed by atoms with Crippen molar-refractivity contribution in [3.63, 3.8) is 0 Å². The average molecular weight is 267 g/mol. The predicted molar refractivity (Wildman–Crippen MR) is 72.3 cm³/mol. The van der Waals surface area contributed by atoms with Crippen molar-refractivity contribution >= 4 is 0 Å². The first kappa shape index (κ1) is 14.4. The molecule has 1 aliphatic rings. The second-order valence-corrected chi connectivity index (χ2v) is 5.00. The maximum atomic E-state index is 13.0. The number of nitrogens with zero attached hydrogens (tertiary/aromatic N) is 2. The van der Waals surface area contributed by atoms with E-state index in [-0.39, 0.29) is 12.4 Å². The number of aliphatic hydroxyl groups is 1. The molecule has 0 bridgehead atoms. The first-order valence-electron chi connectivity index (χ1n) is 6.91. The van der Waals surface area contributed by atoms with E-state index >= 15 is 0 Å². The number of hydrogen-bond donors (Lipinski definition) is 2. The molecule has 1 aromatic rings. The summed E-state index contributed by atoms with van der Waals surface area (Å²) in [4.78, 5) is 6.47. The lowest BCUT2D eigenvalue weighted by Crippen LogP contribution is -2.50. The van der Waals surface area contributed by atoms with E-state index in [2.05, 4.69) is 15.2 Å². The van der Waals surface area contributed by atoms with Crippen molar-refractivity contribution in [1.29, 1.82) is 0 Å². The van der Waals surface area contributed by atoms with Gasteiger partial charge < -0.3 is 10.4 Å². The van der Waals surface area contributed by atoms with Gasteiger partial charge in [-0.05, 0) is 31.5 Å². The summed E-state index contributed by atoms with van der Waals surface area (Å²) in [5.41, 5.74) is 0.250. The minimum atomic E-state index is -0.500. The quantitative estimate of drug-likeness (QED) is 0.858. The Morgan fingerprint density at radius 3 is 2.89 bits per heavy atom. The van der Waals surface area contributed by atoms with E-state index in [1.54, 1.807) is 6.07 Å². The highest BCUT2D eigenvalue weighted by Gasteiger charge is 2.37. The van der Waals surface area contributed by atoms with Gasteiger partial charge in [0.15, 0.2) is 0 Å². The van der Waals surface area contributed by atoms with Crippen LogP contribution in [0.4, 0.5) is 4.39 Å². The van der Waals surface area contributed by atoms with Crippen molar-refractivity contribution < 1.29 is 9.50 Å². The maximum Gasteiger partial charge on any atom is 0.141 e. The molecule has 0 amide bonds. The third-order valence-corrected chi connectivity index (χ3v) is 4.00. The van der Waals surface area contributed by atoms with E-state index in [9.17, 15) is 9.50 Å². The maximum absolute atomic E-state index is 13.0. The van der Waals surface area contributed by atoms with Crippen molar-refractivity contribution in [3.05, 3.63) is 29.8 Å². The summed E-state index contributed by atoms with van der Waals surface area (Å²) in [5.74, 6) is -0.343. The zero-order valence-corrected chi connectivity index (χ0v) is 11.4. The highest BCUT2D eigenvalue weighted by molar-refractivity contribution is 5.17. The molecule has 1 fully saturated rings. The first-order chi connectivity index (χ1) is 9.23. The molecule has 2 rings (SSSR count). The van der Waals surface area contributed by atoms with Crippen LogP contribution in [0.15, 0.2) is 18.3 Å². The minimum Gasteiger partial charge on any atom is -0.394 e. The Morgan fingerprint density at radius 2 is 2.26 bits per heavy atom. The zero-order chi connectivity index (χ0) is 13.7. The second kappa shape index (κ2) is 6.41. The fourth-order valence-electron chi connectivity index (χ4n) is 2.78. The Morgan fingerprint density at radius 1 is 1.42 bits per heavy atom. The highest BCUT2D eigenvalue weighted by Crippen LogP contribution is 2.31. The summed E-state index contributed by atoms with van der Waals surface area (Å²) in [5, 5.41) is 13.3. The van der Waals surface area contributed by atoms with Gasteiger partial charge in [-0.15, -0.1) is 0 Å². The Bertz CT molecular complexity index is 384. The minimum absolute atomic E-state index is 0.00212. The Kier molecular flexibility index (Phi) is 4.85. The molecule has 5 heteroatoms. The van der Waals surface area contributed by atoms with Crippen LogP contribution < -0.4 is 5.32 Å². The number of pyridine rings is 1. The Hall–Kier alpha value is -1.04. The summed E-state index contributed by atoms with van der Waals surface area (Å²) in [6.07, 6.45) is 3.02. The summed E-state index contributed by atoms with van der Waals surface area (Å²) in [6, 6.07) is 3.10. The smallest absolute Gasteiger partial charge is 0.141 e. The highest BCUT2D eigenvalue weighted by atomic mass is 19.1. The van der Waals surface area contributed by atoms with E-state index in [1.807, 2.05) is 6.92 Å². The van der Waals surface area contributed by atoms with Crippen LogP contribution in [0.3, 0.4) is 0 Å². The zero-order valence-electron chi connectivity index (χ0n) is 11.4. The molecule has 4 nitrogen and oxygen atoms in total. The van der Waals surface area contributed by atoms with E-state index in [0.717, 1.165) is 44.7 Å². The molecule has 2 N–H and O–H groups in total. The summed E-state index contributed by atoms with van der Waals surface area (Å²) < 4.78 is 13.0. The second-order valence-electron chi connectivity index (χ2n) is 5.00. The summed E-state index contributed by atoms with van der Waals surface area (Å²) in [6.45, 7) is 5.73. The van der Waals surface area contributed by atoms with E-state index in [0.29, 0.717) is 0 Å². The summed E-state index contributed by atoms with van der Waals surface area (Å²) >= 11 is 0. The molecule has 0 aromatic carbocycles. The molecule has 1 atom stereocenters. The number of aromatic nitrogens is 1. The van der Waals surface area contributed by atoms with Gasteiger partial charge >= 0.3 is 0 Å². The van der Waals surface area contributed by atoms with Crippen LogP contribution in [0, 0.1) is 5.82 Å². The molecule has 19 heavy (non-hydrogen) atoms. The Balaban J connectivity index is 2.32. The topological polar surface area (TPSA) is 48.4 Å². The molecule has 106 valence electrons. The largest absolute Gasteiger partial charge is 0.394 e. The van der Waals surface area contributed by atoms with Crippen LogP contribution in [0.1, 0.15) is 25.5 Å². The molecule has 2 heterocycles. The molecule has 1 unspecified atom stereocenters. The van der Waals surface area contributed by atoms with Crippen molar-refractivity contribution in [1.82, 2.24) is 15.2 Å². The van der Waals surface area contributed by atoms with Crippen molar-refractivity contribution in [3.8, 4) is 0 Å². The van der Waals surface area contributed by atoms with Gasteiger partial charge in [0.05, 0.1) is 24.0 Å². The van der Waals surface area contributed by atoms with Gasteiger partial charge in [0, 0.05) is 19.6 Å². The van der Waals surface area contributed by atoms with Crippen molar-refractivity contribution in [2.75, 3.05) is 32.8 Å². The molecule has 0 radical (unpaired) electrons. The molecular formula is C14H22FN3O. The monoisotopic (exact) mass is 267 g/mol. The van der Waals surface area contributed by atoms with Crippen LogP contribution >= 0.6 is 0 Å². The molecule has 0 spiro atoms. The third-order valence-electron chi connectivity index (χ3n) is 4.00. The van der Waals surface area contributed by atoms with Gasteiger partial charge in [0.25, 0.3) is 0 Å². The van der Waals surface area contributed by atoms with Crippen LogP contribution in [0.25, 0.3) is 0 Å². The molecule has 1 aromatic heterocycles. The summed E-state index contributed by atoms with van der Waals surface area (Å²) in [7, 11) is 0. The SMILES string of the molecule is CCC(CO)(c1ccc(F)cn1)N1CCCNCC1. The van der Waals surface area contributed by atoms with Gasteiger partial charge in [0.1, 0.15) is 5.82 Å². The molecular weight excluding hydrogens is 245 g/mol. The standard InChI is InChI=1S/C14H22FN3O/c1-2-14(11-19,13-5-4-12(15)10-17-13)18-8-3-6-16-7-9-18/h4-5,10,16,19H,2-3,6-9,11H2,1H3. The van der Waals surface area contributed by atoms with E-state index < -0.39 is 5.54 Å². The number of aliphatic hydroxyl groups excluding tert-OH is 1. The fraction of sp³-hybridized carbons (Fsp3) is 0.643. The van der Waals surface area contributed by atoms with Gasteiger partial charge in [0.2, 0.25) is 0 Å². The number of nitrogens with one attached hydrogen (secondary N) is 1. The van der Waals surface area contributed by atoms with Crippen LogP contribution in [0.5, 0.6) is 0 Å². The van der Waals surface area contributed by atoms with Crippen molar-refractivity contribution in [2.45, 2.75) is 25.3 Å². The van der Waals surface area contributed by atoms with Crippen LogP contribution in [-0.2, 0) is 5.54 Å². The molecule has 1 saturated heterocycles. The van der Waals surface area contributed by atoms with Gasteiger partial charge in [-0.25, -0.2) is 4.39 Å². The van der Waals surface area contributed by atoms with Gasteiger partial charge in [-0.3, -0.25) is 9.88 Å². The lowest BCUT2D eigenvalue weighted by atomic mass is 9.89. The van der Waals surface area contributed by atoms with Crippen LogP contribution in [0.2, 0.25) is 0 Å². The Labute approximate surface area is 113 Å². The van der Waals surface area contributed by atoms with Crippen molar-refractivity contribution in [2.24, 2.45) is 0 Å². The van der Waals surface area contributed by atoms with E-state index in [1.165, 1.54) is 12.3 Å². The predicted octanol–water partition coefficient (Wildman–Crippen LogP) is 1.11. The molecule has 0 saturated carbocycles. The average Bonchev–Trinajstić information content (AvgIpc) is 2.72.